The van der Waals surface area contributed by atoms with Crippen LogP contribution in [-0.2, 0) is 17.9 Å². The number of carbonyl (C=O) groups is 1. The van der Waals surface area contributed by atoms with E-state index in [0.717, 1.165) is 11.1 Å². The van der Waals surface area contributed by atoms with Crippen LogP contribution in [0.5, 0.6) is 11.5 Å². The molecule has 0 spiro atoms. The van der Waals surface area contributed by atoms with Gasteiger partial charge in [0.15, 0.2) is 11.5 Å². The van der Waals surface area contributed by atoms with E-state index in [0.29, 0.717) is 31.2 Å². The molecule has 2 aromatic rings. The number of amides is 1. The molecule has 1 amide bonds. The molecule has 0 aliphatic rings. The van der Waals surface area contributed by atoms with Crippen LogP contribution in [0.3, 0.4) is 0 Å². The molecule has 0 aromatic heterocycles. The molecule has 2 aromatic carbocycles. The number of carbonyl (C=O) groups excluding carboxylic acids is 1. The summed E-state index contributed by atoms with van der Waals surface area (Å²) in [6, 6.07) is 11.8. The maximum Gasteiger partial charge on any atom is 0.234 e. The fourth-order valence-corrected chi connectivity index (χ4v) is 2.56. The minimum absolute atomic E-state index is 0.0882. The van der Waals surface area contributed by atoms with E-state index in [4.69, 9.17) is 9.47 Å². The first-order valence-corrected chi connectivity index (χ1v) is 8.51. The second kappa shape index (κ2) is 9.77. The summed E-state index contributed by atoms with van der Waals surface area (Å²) in [6.07, 6.45) is 0. The van der Waals surface area contributed by atoms with E-state index >= 15 is 0 Å². The molecule has 0 fully saturated rings. The van der Waals surface area contributed by atoms with Gasteiger partial charge in [-0.3, -0.25) is 9.69 Å². The molecule has 0 aliphatic heterocycles. The Kier molecular flexibility index (Phi) is 7.41. The van der Waals surface area contributed by atoms with Crippen molar-refractivity contribution in [3.63, 3.8) is 0 Å². The summed E-state index contributed by atoms with van der Waals surface area (Å²) >= 11 is 0. The zero-order valence-electron chi connectivity index (χ0n) is 15.4. The zero-order chi connectivity index (χ0) is 18.9. The lowest BCUT2D eigenvalue weighted by Gasteiger charge is -2.18. The predicted octanol–water partition coefficient (Wildman–Crippen LogP) is 2.98. The Bertz CT molecular complexity index is 719. The minimum Gasteiger partial charge on any atom is -0.493 e. The lowest BCUT2D eigenvalue weighted by Crippen LogP contribution is -2.34. The predicted molar refractivity (Wildman–Crippen MR) is 98.7 cm³/mol. The quantitative estimate of drug-likeness (QED) is 0.747. The third-order valence-corrected chi connectivity index (χ3v) is 3.80. The number of nitrogens with zero attached hydrogens (tertiary/aromatic N) is 1. The molecule has 0 unspecified atom stereocenters. The summed E-state index contributed by atoms with van der Waals surface area (Å²) in [7, 11) is 3.48. The van der Waals surface area contributed by atoms with Crippen molar-refractivity contribution in [2.24, 2.45) is 0 Å². The van der Waals surface area contributed by atoms with Crippen LogP contribution in [0.15, 0.2) is 42.5 Å². The van der Waals surface area contributed by atoms with Crippen LogP contribution in [0, 0.1) is 5.82 Å². The molecule has 6 heteroatoms. The van der Waals surface area contributed by atoms with Crippen LogP contribution in [-0.4, -0.2) is 38.1 Å². The Labute approximate surface area is 153 Å². The SMILES string of the molecule is CCOc1ccc(CN(C)CC(=O)NCc2ccc(F)cc2)cc1OC. The van der Waals surface area contributed by atoms with Crippen molar-refractivity contribution in [2.75, 3.05) is 27.3 Å². The molecule has 0 radical (unpaired) electrons. The lowest BCUT2D eigenvalue weighted by atomic mass is 10.2. The Morgan fingerprint density at radius 2 is 1.81 bits per heavy atom. The summed E-state index contributed by atoms with van der Waals surface area (Å²) in [6.45, 7) is 3.74. The molecule has 0 atom stereocenters. The molecule has 0 heterocycles. The van der Waals surface area contributed by atoms with Gasteiger partial charge in [-0.1, -0.05) is 18.2 Å². The maximum atomic E-state index is 12.9. The molecule has 26 heavy (non-hydrogen) atoms. The Hall–Kier alpha value is -2.60. The van der Waals surface area contributed by atoms with E-state index in [1.165, 1.54) is 12.1 Å². The number of likely N-dealkylation sites (N-methyl/N-ethyl adjacent to an activating group) is 1. The van der Waals surface area contributed by atoms with Crippen molar-refractivity contribution in [1.82, 2.24) is 10.2 Å². The zero-order valence-corrected chi connectivity index (χ0v) is 15.4. The van der Waals surface area contributed by atoms with Gasteiger partial charge in [-0.15, -0.1) is 0 Å². The van der Waals surface area contributed by atoms with Crippen LogP contribution in [0.1, 0.15) is 18.1 Å². The summed E-state index contributed by atoms with van der Waals surface area (Å²) in [5.74, 6) is 1.01. The van der Waals surface area contributed by atoms with Crippen molar-refractivity contribution in [2.45, 2.75) is 20.0 Å². The van der Waals surface area contributed by atoms with Crippen LogP contribution in [0.2, 0.25) is 0 Å². The molecule has 5 nitrogen and oxygen atoms in total. The van der Waals surface area contributed by atoms with Gasteiger partial charge in [0.2, 0.25) is 5.91 Å². The van der Waals surface area contributed by atoms with Gasteiger partial charge in [-0.05, 0) is 49.4 Å². The van der Waals surface area contributed by atoms with Crippen LogP contribution >= 0.6 is 0 Å². The van der Waals surface area contributed by atoms with E-state index in [9.17, 15) is 9.18 Å². The van der Waals surface area contributed by atoms with E-state index in [2.05, 4.69) is 5.32 Å². The van der Waals surface area contributed by atoms with Crippen molar-refractivity contribution >= 4 is 5.91 Å². The normalized spacial score (nSPS) is 10.7. The maximum absolute atomic E-state index is 12.9. The molecule has 0 bridgehead atoms. The van der Waals surface area contributed by atoms with Crippen molar-refractivity contribution in [1.29, 1.82) is 0 Å². The Balaban J connectivity index is 1.84. The molecule has 0 saturated heterocycles. The topological polar surface area (TPSA) is 50.8 Å². The first-order valence-electron chi connectivity index (χ1n) is 8.51. The van der Waals surface area contributed by atoms with Gasteiger partial charge in [0.05, 0.1) is 20.3 Å². The Morgan fingerprint density at radius 1 is 1.12 bits per heavy atom. The largest absolute Gasteiger partial charge is 0.493 e. The van der Waals surface area contributed by atoms with Gasteiger partial charge in [0.1, 0.15) is 5.82 Å². The number of methoxy groups -OCH3 is 1. The van der Waals surface area contributed by atoms with Crippen LogP contribution in [0.4, 0.5) is 4.39 Å². The Morgan fingerprint density at radius 3 is 2.46 bits per heavy atom. The van der Waals surface area contributed by atoms with Crippen molar-refractivity contribution in [3.8, 4) is 11.5 Å². The fraction of sp³-hybridized carbons (Fsp3) is 0.350. The van der Waals surface area contributed by atoms with Crippen molar-refractivity contribution < 1.29 is 18.7 Å². The van der Waals surface area contributed by atoms with Gasteiger partial charge in [-0.25, -0.2) is 4.39 Å². The first-order chi connectivity index (χ1) is 12.5. The highest BCUT2D eigenvalue weighted by molar-refractivity contribution is 5.77. The molecular weight excluding hydrogens is 335 g/mol. The summed E-state index contributed by atoms with van der Waals surface area (Å²) in [4.78, 5) is 14.0. The van der Waals surface area contributed by atoms with E-state index in [1.807, 2.05) is 37.1 Å². The highest BCUT2D eigenvalue weighted by Gasteiger charge is 2.10. The summed E-state index contributed by atoms with van der Waals surface area (Å²) in [5, 5.41) is 2.84. The molecular formula is C20H25FN2O3. The van der Waals surface area contributed by atoms with E-state index < -0.39 is 0 Å². The third kappa shape index (κ3) is 6.04. The molecule has 0 aliphatic carbocycles. The second-order valence-electron chi connectivity index (χ2n) is 5.99. The highest BCUT2D eigenvalue weighted by Crippen LogP contribution is 2.28. The lowest BCUT2D eigenvalue weighted by molar-refractivity contribution is -0.122. The third-order valence-electron chi connectivity index (χ3n) is 3.80. The number of benzene rings is 2. The van der Waals surface area contributed by atoms with Crippen LogP contribution < -0.4 is 14.8 Å². The number of halogens is 1. The number of nitrogens with one attached hydrogen (secondary N) is 1. The average molecular weight is 360 g/mol. The average Bonchev–Trinajstić information content (AvgIpc) is 2.62. The monoisotopic (exact) mass is 360 g/mol. The van der Waals surface area contributed by atoms with Gasteiger partial charge < -0.3 is 14.8 Å². The van der Waals surface area contributed by atoms with Gasteiger partial charge in [0, 0.05) is 13.1 Å². The van der Waals surface area contributed by atoms with E-state index in [1.54, 1.807) is 19.2 Å². The van der Waals surface area contributed by atoms with Crippen molar-refractivity contribution in [3.05, 3.63) is 59.4 Å². The van der Waals surface area contributed by atoms with Gasteiger partial charge in [0.25, 0.3) is 0 Å². The highest BCUT2D eigenvalue weighted by atomic mass is 19.1. The number of ether oxygens (including phenoxy) is 2. The molecule has 2 rings (SSSR count). The second-order valence-corrected chi connectivity index (χ2v) is 5.99. The number of hydrogen-bond acceptors (Lipinski definition) is 4. The summed E-state index contributed by atoms with van der Waals surface area (Å²) in [5.41, 5.74) is 1.89. The minimum atomic E-state index is -0.286. The van der Waals surface area contributed by atoms with Crippen LogP contribution in [0.25, 0.3) is 0 Å². The first kappa shape index (κ1) is 19.7. The fourth-order valence-electron chi connectivity index (χ4n) is 2.56. The molecule has 0 saturated carbocycles. The van der Waals surface area contributed by atoms with E-state index in [-0.39, 0.29) is 18.3 Å². The molecule has 1 N–H and O–H groups in total. The van der Waals surface area contributed by atoms with Gasteiger partial charge >= 0.3 is 0 Å². The van der Waals surface area contributed by atoms with Gasteiger partial charge in [-0.2, -0.15) is 0 Å². The summed E-state index contributed by atoms with van der Waals surface area (Å²) < 4.78 is 23.7. The molecule has 140 valence electrons. The standard InChI is InChI=1S/C20H25FN2O3/c1-4-26-18-10-7-16(11-19(18)25-3)13-23(2)14-20(24)22-12-15-5-8-17(21)9-6-15/h5-11H,4,12-14H2,1-3H3,(H,22,24). The number of rotatable bonds is 9. The smallest absolute Gasteiger partial charge is 0.234 e. The number of hydrogen-bond donors (Lipinski definition) is 1.